The van der Waals surface area contributed by atoms with E-state index in [-0.39, 0.29) is 30.2 Å². The molecule has 1 aliphatic heterocycles. The number of rotatable bonds is 5. The lowest BCUT2D eigenvalue weighted by molar-refractivity contribution is -0.134. The molecule has 0 saturated carbocycles. The van der Waals surface area contributed by atoms with Crippen LogP contribution in [0.3, 0.4) is 0 Å². The summed E-state index contributed by atoms with van der Waals surface area (Å²) in [6.07, 6.45) is 4.70. The van der Waals surface area contributed by atoms with Crippen molar-refractivity contribution in [2.75, 3.05) is 20.1 Å². The number of hydrogen-bond donors (Lipinski definition) is 1. The number of carbonyl (C=O) groups is 1. The Labute approximate surface area is 171 Å². The van der Waals surface area contributed by atoms with Gasteiger partial charge in [-0.3, -0.25) is 9.48 Å². The Kier molecular flexibility index (Phi) is 6.10. The molecule has 0 spiro atoms. The predicted molar refractivity (Wildman–Crippen MR) is 112 cm³/mol. The van der Waals surface area contributed by atoms with E-state index in [1.165, 1.54) is 0 Å². The van der Waals surface area contributed by atoms with Crippen molar-refractivity contribution in [1.82, 2.24) is 20.0 Å². The normalized spacial score (nSPS) is 19.0. The van der Waals surface area contributed by atoms with Crippen LogP contribution in [0.5, 0.6) is 0 Å². The largest absolute Gasteiger partial charge is 0.461 e. The minimum absolute atomic E-state index is 0. The Morgan fingerprint density at radius 2 is 2.14 bits per heavy atom. The minimum Gasteiger partial charge on any atom is -0.461 e. The van der Waals surface area contributed by atoms with Gasteiger partial charge in [0.15, 0.2) is 0 Å². The molecular weight excluding hydrogens is 376 g/mol. The Bertz CT molecular complexity index is 964. The number of aryl methyl sites for hydroxylation is 2. The first kappa shape index (κ1) is 20.4. The summed E-state index contributed by atoms with van der Waals surface area (Å²) in [6.45, 7) is 4.16. The predicted octanol–water partition coefficient (Wildman–Crippen LogP) is 3.11. The van der Waals surface area contributed by atoms with Gasteiger partial charge in [0.05, 0.1) is 12.1 Å². The van der Waals surface area contributed by atoms with Gasteiger partial charge in [-0.15, -0.1) is 12.4 Å². The molecule has 1 saturated heterocycles. The fraction of sp³-hybridized carbons (Fsp3) is 0.429. The number of halogens is 1. The fourth-order valence-corrected chi connectivity index (χ4v) is 4.13. The van der Waals surface area contributed by atoms with Crippen molar-refractivity contribution >= 4 is 29.3 Å². The molecule has 3 heterocycles. The lowest BCUT2D eigenvalue weighted by Crippen LogP contribution is -2.35. The number of nitrogens with zero attached hydrogens (tertiary/aromatic N) is 3. The second-order valence-electron chi connectivity index (χ2n) is 7.37. The Morgan fingerprint density at radius 3 is 2.86 bits per heavy atom. The van der Waals surface area contributed by atoms with Crippen LogP contribution < -0.4 is 5.32 Å². The summed E-state index contributed by atoms with van der Waals surface area (Å²) in [5.74, 6) is 1.23. The number of amides is 1. The third-order valence-corrected chi connectivity index (χ3v) is 5.56. The molecular formula is C21H27ClN4O2. The molecule has 2 atom stereocenters. The van der Waals surface area contributed by atoms with E-state index in [1.54, 1.807) is 4.68 Å². The number of fused-ring (bicyclic) bond motifs is 1. The SMILES string of the molecule is CCc1oc2ccccc2c1CN(C)C(=O)[C@H]1CNC[C@@H]1c1cnn(C)c1.Cl. The van der Waals surface area contributed by atoms with Gasteiger partial charge in [-0.1, -0.05) is 25.1 Å². The van der Waals surface area contributed by atoms with Crippen LogP contribution in [0.2, 0.25) is 0 Å². The summed E-state index contributed by atoms with van der Waals surface area (Å²) < 4.78 is 7.78. The monoisotopic (exact) mass is 402 g/mol. The molecule has 0 radical (unpaired) electrons. The second kappa shape index (κ2) is 8.37. The van der Waals surface area contributed by atoms with E-state index >= 15 is 0 Å². The maximum Gasteiger partial charge on any atom is 0.227 e. The summed E-state index contributed by atoms with van der Waals surface area (Å²) in [6, 6.07) is 8.05. The zero-order chi connectivity index (χ0) is 19.0. The van der Waals surface area contributed by atoms with Gasteiger partial charge in [0.1, 0.15) is 11.3 Å². The summed E-state index contributed by atoms with van der Waals surface area (Å²) in [7, 11) is 3.80. The molecule has 6 nitrogen and oxygen atoms in total. The van der Waals surface area contributed by atoms with E-state index < -0.39 is 0 Å². The molecule has 1 amide bonds. The number of hydrogen-bond acceptors (Lipinski definition) is 4. The highest BCUT2D eigenvalue weighted by Crippen LogP contribution is 2.31. The molecule has 2 aromatic heterocycles. The van der Waals surface area contributed by atoms with Gasteiger partial charge in [-0.25, -0.2) is 0 Å². The summed E-state index contributed by atoms with van der Waals surface area (Å²) in [5, 5.41) is 8.74. The summed E-state index contributed by atoms with van der Waals surface area (Å²) >= 11 is 0. The molecule has 0 aliphatic carbocycles. The lowest BCUT2D eigenvalue weighted by atomic mass is 9.89. The van der Waals surface area contributed by atoms with Gasteiger partial charge < -0.3 is 14.6 Å². The van der Waals surface area contributed by atoms with E-state index in [0.717, 1.165) is 40.8 Å². The van der Waals surface area contributed by atoms with E-state index in [9.17, 15) is 4.79 Å². The van der Waals surface area contributed by atoms with Crippen molar-refractivity contribution in [2.24, 2.45) is 13.0 Å². The summed E-state index contributed by atoms with van der Waals surface area (Å²) in [4.78, 5) is 15.1. The van der Waals surface area contributed by atoms with E-state index in [2.05, 4.69) is 23.4 Å². The Hall–Kier alpha value is -2.31. The van der Waals surface area contributed by atoms with Crippen LogP contribution in [0.25, 0.3) is 11.0 Å². The zero-order valence-corrected chi connectivity index (χ0v) is 17.3. The Morgan fingerprint density at radius 1 is 1.36 bits per heavy atom. The van der Waals surface area contributed by atoms with Crippen molar-refractivity contribution in [1.29, 1.82) is 0 Å². The molecule has 1 N–H and O–H groups in total. The highest BCUT2D eigenvalue weighted by Gasteiger charge is 2.36. The van der Waals surface area contributed by atoms with Crippen molar-refractivity contribution in [3.63, 3.8) is 0 Å². The molecule has 7 heteroatoms. The van der Waals surface area contributed by atoms with Crippen LogP contribution in [0.15, 0.2) is 41.1 Å². The van der Waals surface area contributed by atoms with Crippen molar-refractivity contribution in [3.05, 3.63) is 53.5 Å². The third kappa shape index (κ3) is 3.66. The van der Waals surface area contributed by atoms with Crippen LogP contribution in [0, 0.1) is 5.92 Å². The molecule has 1 aliphatic rings. The van der Waals surface area contributed by atoms with Crippen molar-refractivity contribution in [3.8, 4) is 0 Å². The highest BCUT2D eigenvalue weighted by atomic mass is 35.5. The van der Waals surface area contributed by atoms with Crippen molar-refractivity contribution in [2.45, 2.75) is 25.8 Å². The number of para-hydroxylation sites is 1. The van der Waals surface area contributed by atoms with Crippen LogP contribution in [0.4, 0.5) is 0 Å². The number of aromatic nitrogens is 2. The standard InChI is InChI=1S/C21H26N4O2.ClH/c1-4-19-18(15-7-5-6-8-20(15)27-19)13-24(2)21(26)17-11-22-10-16(17)14-9-23-25(3)12-14;/h5-9,12,16-17,22H,4,10-11,13H2,1-3H3;1H/t16-,17+;/m1./s1. The summed E-state index contributed by atoms with van der Waals surface area (Å²) in [5.41, 5.74) is 3.13. The van der Waals surface area contributed by atoms with Crippen molar-refractivity contribution < 1.29 is 9.21 Å². The van der Waals surface area contributed by atoms with Crippen LogP contribution in [-0.4, -0.2) is 40.7 Å². The quantitative estimate of drug-likeness (QED) is 0.712. The maximum atomic E-state index is 13.2. The number of nitrogens with one attached hydrogen (secondary N) is 1. The first-order valence-corrected chi connectivity index (χ1v) is 9.52. The first-order chi connectivity index (χ1) is 13.1. The molecule has 1 fully saturated rings. The average molecular weight is 403 g/mol. The minimum atomic E-state index is -0.0672. The molecule has 1 aromatic carbocycles. The van der Waals surface area contributed by atoms with Gasteiger partial charge in [0, 0.05) is 63.2 Å². The zero-order valence-electron chi connectivity index (χ0n) is 16.5. The van der Waals surface area contributed by atoms with Gasteiger partial charge in [0.25, 0.3) is 0 Å². The van der Waals surface area contributed by atoms with Crippen LogP contribution in [0.1, 0.15) is 29.7 Å². The lowest BCUT2D eigenvalue weighted by Gasteiger charge is -2.24. The molecule has 0 unspecified atom stereocenters. The number of benzene rings is 1. The van der Waals surface area contributed by atoms with E-state index in [0.29, 0.717) is 13.1 Å². The molecule has 4 rings (SSSR count). The molecule has 3 aromatic rings. The van der Waals surface area contributed by atoms with Gasteiger partial charge in [-0.05, 0) is 11.6 Å². The van der Waals surface area contributed by atoms with Gasteiger partial charge in [0.2, 0.25) is 5.91 Å². The topological polar surface area (TPSA) is 63.3 Å². The van der Waals surface area contributed by atoms with E-state index in [1.807, 2.05) is 49.6 Å². The van der Waals surface area contributed by atoms with Crippen LogP contribution >= 0.6 is 12.4 Å². The smallest absolute Gasteiger partial charge is 0.227 e. The highest BCUT2D eigenvalue weighted by molar-refractivity contribution is 5.85. The number of furan rings is 1. The second-order valence-corrected chi connectivity index (χ2v) is 7.37. The fourth-order valence-electron chi connectivity index (χ4n) is 4.13. The molecule has 28 heavy (non-hydrogen) atoms. The van der Waals surface area contributed by atoms with Crippen LogP contribution in [-0.2, 0) is 24.8 Å². The molecule has 150 valence electrons. The Balaban J connectivity index is 0.00000225. The average Bonchev–Trinajstić information content (AvgIpc) is 3.39. The van der Waals surface area contributed by atoms with Gasteiger partial charge >= 0.3 is 0 Å². The number of carbonyl (C=O) groups excluding carboxylic acids is 1. The van der Waals surface area contributed by atoms with Gasteiger partial charge in [-0.2, -0.15) is 5.10 Å². The third-order valence-electron chi connectivity index (χ3n) is 5.56. The molecule has 0 bridgehead atoms. The van der Waals surface area contributed by atoms with E-state index in [4.69, 9.17) is 4.42 Å². The first-order valence-electron chi connectivity index (χ1n) is 9.52. The maximum absolute atomic E-state index is 13.2.